The highest BCUT2D eigenvalue weighted by Crippen LogP contribution is 1.80. The van der Waals surface area contributed by atoms with Crippen molar-refractivity contribution in [1.29, 1.82) is 5.41 Å². The standard InChI is InChI=1S/C7H12N2/c1-3-4-5-9-7(2)6-8/h3-8H,1-2H3/b4-3-,8-6?,9-5-. The van der Waals surface area contributed by atoms with Crippen molar-refractivity contribution in [2.24, 2.45) is 4.99 Å². The van der Waals surface area contributed by atoms with Crippen molar-refractivity contribution in [2.75, 3.05) is 0 Å². The number of nitrogens with zero attached hydrogens (tertiary/aromatic N) is 1. The van der Waals surface area contributed by atoms with E-state index in [-0.39, 0.29) is 6.04 Å². The Bertz CT molecular complexity index is 125. The van der Waals surface area contributed by atoms with Crippen molar-refractivity contribution in [3.05, 3.63) is 12.2 Å². The Morgan fingerprint density at radius 1 is 1.56 bits per heavy atom. The fraction of sp³-hybridized carbons (Fsp3) is 0.429. The molecule has 0 amide bonds. The van der Waals surface area contributed by atoms with Crippen LogP contribution in [0.25, 0.3) is 0 Å². The lowest BCUT2D eigenvalue weighted by molar-refractivity contribution is 0.996. The average Bonchev–Trinajstić information content (AvgIpc) is 1.89. The Kier molecular flexibility index (Phi) is 4.69. The van der Waals surface area contributed by atoms with E-state index < -0.39 is 0 Å². The maximum atomic E-state index is 6.78. The molecule has 1 atom stereocenters. The van der Waals surface area contributed by atoms with Gasteiger partial charge in [0, 0.05) is 12.4 Å². The molecule has 0 aromatic rings. The third kappa shape index (κ3) is 4.94. The first-order valence-electron chi connectivity index (χ1n) is 2.96. The van der Waals surface area contributed by atoms with Crippen LogP contribution < -0.4 is 0 Å². The third-order valence-electron chi connectivity index (χ3n) is 0.841. The maximum absolute atomic E-state index is 6.78. The van der Waals surface area contributed by atoms with Crippen LogP contribution in [-0.4, -0.2) is 18.5 Å². The minimum absolute atomic E-state index is 0.0150. The summed E-state index contributed by atoms with van der Waals surface area (Å²) in [7, 11) is 0. The van der Waals surface area contributed by atoms with Gasteiger partial charge in [-0.15, -0.1) is 0 Å². The molecular formula is C7H12N2. The van der Waals surface area contributed by atoms with E-state index in [2.05, 4.69) is 4.99 Å². The predicted octanol–water partition coefficient (Wildman–Crippen LogP) is 1.67. The molecule has 0 spiro atoms. The van der Waals surface area contributed by atoms with Gasteiger partial charge in [0.1, 0.15) is 0 Å². The van der Waals surface area contributed by atoms with Gasteiger partial charge in [0.05, 0.1) is 6.04 Å². The summed E-state index contributed by atoms with van der Waals surface area (Å²) in [6.45, 7) is 3.80. The van der Waals surface area contributed by atoms with Gasteiger partial charge in [0.15, 0.2) is 0 Å². The van der Waals surface area contributed by atoms with Crippen molar-refractivity contribution in [1.82, 2.24) is 0 Å². The molecule has 0 aromatic carbocycles. The predicted molar refractivity (Wildman–Crippen MR) is 41.6 cm³/mol. The molecule has 0 bridgehead atoms. The second kappa shape index (κ2) is 5.22. The number of rotatable bonds is 3. The summed E-state index contributed by atoms with van der Waals surface area (Å²) in [6, 6.07) is 0.0150. The van der Waals surface area contributed by atoms with Crippen LogP contribution in [0, 0.1) is 5.41 Å². The molecule has 50 valence electrons. The van der Waals surface area contributed by atoms with Gasteiger partial charge in [-0.2, -0.15) is 0 Å². The summed E-state index contributed by atoms with van der Waals surface area (Å²) in [6.07, 6.45) is 6.76. The van der Waals surface area contributed by atoms with E-state index in [4.69, 9.17) is 5.41 Å². The molecule has 0 aromatic heterocycles. The highest BCUT2D eigenvalue weighted by Gasteiger charge is 1.84. The molecule has 1 N–H and O–H groups in total. The largest absolute Gasteiger partial charge is 0.311 e. The van der Waals surface area contributed by atoms with Gasteiger partial charge in [-0.1, -0.05) is 6.08 Å². The van der Waals surface area contributed by atoms with Crippen LogP contribution in [0.2, 0.25) is 0 Å². The van der Waals surface area contributed by atoms with Gasteiger partial charge >= 0.3 is 0 Å². The van der Waals surface area contributed by atoms with E-state index >= 15 is 0 Å². The van der Waals surface area contributed by atoms with E-state index in [1.54, 1.807) is 6.21 Å². The topological polar surface area (TPSA) is 36.2 Å². The summed E-state index contributed by atoms with van der Waals surface area (Å²) in [5.41, 5.74) is 0. The zero-order chi connectivity index (χ0) is 7.11. The molecule has 9 heavy (non-hydrogen) atoms. The van der Waals surface area contributed by atoms with Crippen molar-refractivity contribution in [3.63, 3.8) is 0 Å². The molecule has 0 aliphatic rings. The van der Waals surface area contributed by atoms with Crippen molar-refractivity contribution in [3.8, 4) is 0 Å². The fourth-order valence-electron chi connectivity index (χ4n) is 0.315. The SMILES string of the molecule is C/C=C\C=N/C(C)C=N. The molecule has 1 unspecified atom stereocenters. The van der Waals surface area contributed by atoms with Crippen LogP contribution in [0.4, 0.5) is 0 Å². The van der Waals surface area contributed by atoms with Crippen LogP contribution in [0.3, 0.4) is 0 Å². The zero-order valence-electron chi connectivity index (χ0n) is 5.83. The van der Waals surface area contributed by atoms with Crippen molar-refractivity contribution >= 4 is 12.4 Å². The molecule has 0 saturated heterocycles. The van der Waals surface area contributed by atoms with Crippen LogP contribution in [0.15, 0.2) is 17.1 Å². The first-order chi connectivity index (χ1) is 4.31. The Hall–Kier alpha value is -0.920. The highest BCUT2D eigenvalue weighted by molar-refractivity contribution is 5.74. The summed E-state index contributed by atoms with van der Waals surface area (Å²) < 4.78 is 0. The average molecular weight is 124 g/mol. The van der Waals surface area contributed by atoms with Gasteiger partial charge in [-0.25, -0.2) is 0 Å². The Labute approximate surface area is 55.8 Å². The molecule has 0 heterocycles. The first-order valence-corrected chi connectivity index (χ1v) is 2.96. The number of allylic oxidation sites excluding steroid dienone is 2. The first kappa shape index (κ1) is 8.08. The molecule has 2 heteroatoms. The van der Waals surface area contributed by atoms with Gasteiger partial charge in [0.25, 0.3) is 0 Å². The van der Waals surface area contributed by atoms with E-state index in [9.17, 15) is 0 Å². The van der Waals surface area contributed by atoms with E-state index in [0.717, 1.165) is 0 Å². The second-order valence-electron chi connectivity index (χ2n) is 1.73. The molecule has 0 aliphatic heterocycles. The zero-order valence-corrected chi connectivity index (χ0v) is 5.83. The van der Waals surface area contributed by atoms with Crippen molar-refractivity contribution in [2.45, 2.75) is 19.9 Å². The third-order valence-corrected chi connectivity index (χ3v) is 0.841. The number of hydrogen-bond acceptors (Lipinski definition) is 2. The quantitative estimate of drug-likeness (QED) is 0.556. The van der Waals surface area contributed by atoms with Gasteiger partial charge in [-0.3, -0.25) is 4.99 Å². The lowest BCUT2D eigenvalue weighted by Gasteiger charge is -1.90. The lowest BCUT2D eigenvalue weighted by Crippen LogP contribution is -1.96. The summed E-state index contributed by atoms with van der Waals surface area (Å²) in [4.78, 5) is 3.98. The molecule has 0 fully saturated rings. The Morgan fingerprint density at radius 2 is 2.22 bits per heavy atom. The number of hydrogen-bond donors (Lipinski definition) is 1. The minimum Gasteiger partial charge on any atom is -0.311 e. The number of aliphatic imine (C=N–C) groups is 1. The molecule has 0 saturated carbocycles. The Balaban J connectivity index is 3.55. The summed E-state index contributed by atoms with van der Waals surface area (Å²) in [5, 5.41) is 6.78. The van der Waals surface area contributed by atoms with Crippen LogP contribution >= 0.6 is 0 Å². The second-order valence-corrected chi connectivity index (χ2v) is 1.73. The smallest absolute Gasteiger partial charge is 0.0815 e. The molecule has 0 rings (SSSR count). The van der Waals surface area contributed by atoms with Crippen LogP contribution in [0.5, 0.6) is 0 Å². The Morgan fingerprint density at radius 3 is 2.67 bits per heavy atom. The van der Waals surface area contributed by atoms with Gasteiger partial charge in [-0.05, 0) is 19.9 Å². The molecule has 0 radical (unpaired) electrons. The van der Waals surface area contributed by atoms with E-state index in [1.165, 1.54) is 6.21 Å². The van der Waals surface area contributed by atoms with Crippen LogP contribution in [-0.2, 0) is 0 Å². The maximum Gasteiger partial charge on any atom is 0.0815 e. The highest BCUT2D eigenvalue weighted by atomic mass is 14.8. The van der Waals surface area contributed by atoms with E-state index in [1.807, 2.05) is 26.0 Å². The number of nitrogens with one attached hydrogen (secondary N) is 1. The minimum atomic E-state index is 0.0150. The van der Waals surface area contributed by atoms with Gasteiger partial charge < -0.3 is 5.41 Å². The monoisotopic (exact) mass is 124 g/mol. The van der Waals surface area contributed by atoms with Gasteiger partial charge in [0.2, 0.25) is 0 Å². The molecule has 2 nitrogen and oxygen atoms in total. The normalized spacial score (nSPS) is 14.9. The lowest BCUT2D eigenvalue weighted by atomic mass is 10.4. The summed E-state index contributed by atoms with van der Waals surface area (Å²) in [5.74, 6) is 0. The summed E-state index contributed by atoms with van der Waals surface area (Å²) >= 11 is 0. The van der Waals surface area contributed by atoms with E-state index in [0.29, 0.717) is 0 Å². The van der Waals surface area contributed by atoms with Crippen molar-refractivity contribution < 1.29 is 0 Å². The molecule has 0 aliphatic carbocycles. The van der Waals surface area contributed by atoms with Crippen LogP contribution in [0.1, 0.15) is 13.8 Å². The molecular weight excluding hydrogens is 112 g/mol. The fourth-order valence-corrected chi connectivity index (χ4v) is 0.315.